The summed E-state index contributed by atoms with van der Waals surface area (Å²) in [7, 11) is 1.71. The number of rotatable bonds is 6. The first-order valence-electron chi connectivity index (χ1n) is 7.66. The molecule has 1 aromatic carbocycles. The van der Waals surface area contributed by atoms with Gasteiger partial charge in [-0.15, -0.1) is 0 Å². The van der Waals surface area contributed by atoms with Gasteiger partial charge in [-0.25, -0.2) is 0 Å². The zero-order chi connectivity index (χ0) is 15.2. The van der Waals surface area contributed by atoms with E-state index in [0.717, 1.165) is 62.0 Å². The highest BCUT2D eigenvalue weighted by Crippen LogP contribution is 2.24. The number of hydrogen-bond acceptors (Lipinski definition) is 4. The van der Waals surface area contributed by atoms with Crippen molar-refractivity contribution in [1.82, 2.24) is 9.80 Å². The van der Waals surface area contributed by atoms with E-state index in [-0.39, 0.29) is 0 Å². The van der Waals surface area contributed by atoms with Crippen molar-refractivity contribution in [3.05, 3.63) is 28.8 Å². The molecule has 1 saturated heterocycles. The van der Waals surface area contributed by atoms with E-state index in [1.54, 1.807) is 7.11 Å². The zero-order valence-electron chi connectivity index (χ0n) is 13.0. The molecule has 0 saturated carbocycles. The largest absolute Gasteiger partial charge is 0.496 e. The van der Waals surface area contributed by atoms with Gasteiger partial charge in [0.15, 0.2) is 0 Å². The van der Waals surface area contributed by atoms with E-state index < -0.39 is 0 Å². The molecule has 1 aliphatic heterocycles. The van der Waals surface area contributed by atoms with Crippen molar-refractivity contribution >= 4 is 11.6 Å². The second-order valence-electron chi connectivity index (χ2n) is 5.57. The van der Waals surface area contributed by atoms with Gasteiger partial charge < -0.3 is 10.5 Å². The van der Waals surface area contributed by atoms with Crippen LogP contribution in [0.5, 0.6) is 5.75 Å². The molecule has 1 heterocycles. The molecule has 1 aliphatic rings. The summed E-state index contributed by atoms with van der Waals surface area (Å²) in [5.41, 5.74) is 7.00. The van der Waals surface area contributed by atoms with E-state index in [2.05, 4.69) is 16.7 Å². The fourth-order valence-corrected chi connectivity index (χ4v) is 3.17. The van der Waals surface area contributed by atoms with Crippen LogP contribution in [0.25, 0.3) is 0 Å². The van der Waals surface area contributed by atoms with Gasteiger partial charge in [-0.2, -0.15) is 0 Å². The maximum absolute atomic E-state index is 6.10. The van der Waals surface area contributed by atoms with Crippen molar-refractivity contribution in [2.75, 3.05) is 39.8 Å². The Balaban J connectivity index is 1.93. The number of ether oxygens (including phenoxy) is 1. The molecule has 0 bridgehead atoms. The summed E-state index contributed by atoms with van der Waals surface area (Å²) in [5.74, 6) is 0.912. The molecule has 1 atom stereocenters. The predicted octanol–water partition coefficient (Wildman–Crippen LogP) is 2.20. The number of benzene rings is 1. The standard InChI is InChI=1S/C16H26ClN3O/c1-3-15(11-18)20-8-6-19(7-9-20)12-13-10-14(17)4-5-16(13)21-2/h4-5,10,15H,3,6-9,11-12,18H2,1-2H3. The van der Waals surface area contributed by atoms with Crippen LogP contribution >= 0.6 is 11.6 Å². The van der Waals surface area contributed by atoms with Gasteiger partial charge in [0.05, 0.1) is 7.11 Å². The van der Waals surface area contributed by atoms with Gasteiger partial charge in [0.2, 0.25) is 0 Å². The van der Waals surface area contributed by atoms with Gasteiger partial charge in [0, 0.05) is 55.9 Å². The van der Waals surface area contributed by atoms with Crippen LogP contribution in [0.2, 0.25) is 5.02 Å². The number of halogens is 1. The van der Waals surface area contributed by atoms with Crippen LogP contribution in [0.4, 0.5) is 0 Å². The summed E-state index contributed by atoms with van der Waals surface area (Å²) < 4.78 is 5.42. The lowest BCUT2D eigenvalue weighted by molar-refractivity contribution is 0.0921. The lowest BCUT2D eigenvalue weighted by Crippen LogP contribution is -2.51. The van der Waals surface area contributed by atoms with E-state index >= 15 is 0 Å². The number of hydrogen-bond donors (Lipinski definition) is 1. The molecule has 2 rings (SSSR count). The van der Waals surface area contributed by atoms with Gasteiger partial charge >= 0.3 is 0 Å². The van der Waals surface area contributed by atoms with Crippen LogP contribution in [0, 0.1) is 0 Å². The Bertz CT molecular complexity index is 443. The van der Waals surface area contributed by atoms with Gasteiger partial charge in [0.25, 0.3) is 0 Å². The molecule has 4 nitrogen and oxygen atoms in total. The molecule has 118 valence electrons. The molecule has 21 heavy (non-hydrogen) atoms. The van der Waals surface area contributed by atoms with Gasteiger partial charge in [0.1, 0.15) is 5.75 Å². The normalized spacial score (nSPS) is 18.7. The number of nitrogens with two attached hydrogens (primary N) is 1. The van der Waals surface area contributed by atoms with Crippen LogP contribution in [0.15, 0.2) is 18.2 Å². The molecule has 1 aromatic rings. The second-order valence-corrected chi connectivity index (χ2v) is 6.00. The summed E-state index contributed by atoms with van der Waals surface area (Å²) in [5, 5.41) is 0.763. The molecule has 0 aromatic heterocycles. The Morgan fingerprint density at radius 3 is 2.57 bits per heavy atom. The van der Waals surface area contributed by atoms with Crippen LogP contribution in [-0.4, -0.2) is 55.7 Å². The maximum Gasteiger partial charge on any atom is 0.123 e. The minimum atomic E-state index is 0.521. The summed E-state index contributed by atoms with van der Waals surface area (Å²) >= 11 is 6.10. The summed E-state index contributed by atoms with van der Waals surface area (Å²) in [6.45, 7) is 8.13. The monoisotopic (exact) mass is 311 g/mol. The topological polar surface area (TPSA) is 41.7 Å². The third-order valence-electron chi connectivity index (χ3n) is 4.30. The van der Waals surface area contributed by atoms with Crippen LogP contribution in [0.3, 0.4) is 0 Å². The van der Waals surface area contributed by atoms with Gasteiger partial charge in [-0.3, -0.25) is 9.80 Å². The molecule has 1 unspecified atom stereocenters. The first kappa shape index (κ1) is 16.6. The minimum Gasteiger partial charge on any atom is -0.496 e. The third-order valence-corrected chi connectivity index (χ3v) is 4.54. The molecule has 1 fully saturated rings. The van der Waals surface area contributed by atoms with Crippen molar-refractivity contribution in [3.63, 3.8) is 0 Å². The highest BCUT2D eigenvalue weighted by Gasteiger charge is 2.22. The molecule has 0 radical (unpaired) electrons. The molecule has 0 spiro atoms. The Kier molecular flexibility index (Phi) is 6.30. The molecule has 2 N–H and O–H groups in total. The average Bonchev–Trinajstić information content (AvgIpc) is 2.50. The molecule has 5 heteroatoms. The van der Waals surface area contributed by atoms with E-state index in [9.17, 15) is 0 Å². The Morgan fingerprint density at radius 1 is 1.29 bits per heavy atom. The van der Waals surface area contributed by atoms with Gasteiger partial charge in [-0.05, 0) is 24.6 Å². The molecular formula is C16H26ClN3O. The first-order valence-corrected chi connectivity index (χ1v) is 8.04. The quantitative estimate of drug-likeness (QED) is 0.874. The summed E-state index contributed by atoms with van der Waals surface area (Å²) in [6, 6.07) is 6.33. The molecular weight excluding hydrogens is 286 g/mol. The lowest BCUT2D eigenvalue weighted by Gasteiger charge is -2.38. The maximum atomic E-state index is 6.10. The van der Waals surface area contributed by atoms with E-state index in [1.807, 2.05) is 18.2 Å². The minimum absolute atomic E-state index is 0.521. The second kappa shape index (κ2) is 7.99. The van der Waals surface area contributed by atoms with Crippen molar-refractivity contribution in [2.45, 2.75) is 25.9 Å². The smallest absolute Gasteiger partial charge is 0.123 e. The Hall–Kier alpha value is -0.810. The van der Waals surface area contributed by atoms with Gasteiger partial charge in [-0.1, -0.05) is 18.5 Å². The van der Waals surface area contributed by atoms with E-state index in [0.29, 0.717) is 6.04 Å². The fourth-order valence-electron chi connectivity index (χ4n) is 2.97. The molecule has 0 amide bonds. The molecule has 0 aliphatic carbocycles. The number of methoxy groups -OCH3 is 1. The van der Waals surface area contributed by atoms with Crippen LogP contribution < -0.4 is 10.5 Å². The van der Waals surface area contributed by atoms with Crippen molar-refractivity contribution in [3.8, 4) is 5.75 Å². The SMILES string of the molecule is CCC(CN)N1CCN(Cc2cc(Cl)ccc2OC)CC1. The van der Waals surface area contributed by atoms with E-state index in [4.69, 9.17) is 22.1 Å². The number of nitrogens with zero attached hydrogens (tertiary/aromatic N) is 2. The van der Waals surface area contributed by atoms with Crippen molar-refractivity contribution in [2.24, 2.45) is 5.73 Å². The van der Waals surface area contributed by atoms with E-state index in [1.165, 1.54) is 0 Å². The van der Waals surface area contributed by atoms with Crippen molar-refractivity contribution in [1.29, 1.82) is 0 Å². The van der Waals surface area contributed by atoms with Crippen LogP contribution in [0.1, 0.15) is 18.9 Å². The fraction of sp³-hybridized carbons (Fsp3) is 0.625. The third kappa shape index (κ3) is 4.33. The van der Waals surface area contributed by atoms with Crippen molar-refractivity contribution < 1.29 is 4.74 Å². The lowest BCUT2D eigenvalue weighted by atomic mass is 10.1. The summed E-state index contributed by atoms with van der Waals surface area (Å²) in [6.07, 6.45) is 1.12. The summed E-state index contributed by atoms with van der Waals surface area (Å²) in [4.78, 5) is 4.96. The highest BCUT2D eigenvalue weighted by atomic mass is 35.5. The van der Waals surface area contributed by atoms with Crippen LogP contribution in [-0.2, 0) is 6.54 Å². The Labute approximate surface area is 132 Å². The average molecular weight is 312 g/mol. The number of piperazine rings is 1. The zero-order valence-corrected chi connectivity index (χ0v) is 13.8. The highest BCUT2D eigenvalue weighted by molar-refractivity contribution is 6.30. The Morgan fingerprint density at radius 2 is 2.00 bits per heavy atom. The first-order chi connectivity index (χ1) is 10.2. The predicted molar refractivity (Wildman–Crippen MR) is 88.0 cm³/mol.